The summed E-state index contributed by atoms with van der Waals surface area (Å²) in [5.74, 6) is 0. The minimum absolute atomic E-state index is 0.544. The predicted octanol–water partition coefficient (Wildman–Crippen LogP) is 2.58. The van der Waals surface area contributed by atoms with Crippen LogP contribution in [0, 0.1) is 11.3 Å². The van der Waals surface area contributed by atoms with E-state index in [1.807, 2.05) is 6.07 Å². The molecule has 0 fully saturated rings. The molecule has 0 aliphatic carbocycles. The topological polar surface area (TPSA) is 61.8 Å². The summed E-state index contributed by atoms with van der Waals surface area (Å²) in [6, 6.07) is 3.83. The fourth-order valence-electron chi connectivity index (χ4n) is 0.917. The third-order valence-electron chi connectivity index (χ3n) is 1.87. The molecular weight excluding hydrogens is 194 g/mol. The summed E-state index contributed by atoms with van der Waals surface area (Å²) in [5, 5.41) is 12.8. The molecule has 0 aromatic carbocycles. The second-order valence-corrected chi connectivity index (χ2v) is 4.02. The van der Waals surface area contributed by atoms with Crippen LogP contribution in [0.2, 0.25) is 0 Å². The lowest BCUT2D eigenvalue weighted by Crippen LogP contribution is -2.01. The van der Waals surface area contributed by atoms with E-state index >= 15 is 0 Å². The number of thiophene rings is 1. The molecule has 1 aromatic heterocycles. The Bertz CT molecular complexity index is 373. The van der Waals surface area contributed by atoms with Crippen LogP contribution in [0.15, 0.2) is 18.2 Å². The van der Waals surface area contributed by atoms with E-state index in [4.69, 9.17) is 11.0 Å². The lowest BCUT2D eigenvalue weighted by atomic mass is 10.2. The van der Waals surface area contributed by atoms with E-state index in [-0.39, 0.29) is 0 Å². The van der Waals surface area contributed by atoms with Crippen LogP contribution in [0.1, 0.15) is 18.2 Å². The van der Waals surface area contributed by atoms with E-state index in [0.29, 0.717) is 10.6 Å². The van der Waals surface area contributed by atoms with Crippen LogP contribution in [-0.4, -0.2) is 6.54 Å². The summed E-state index contributed by atoms with van der Waals surface area (Å²) in [4.78, 5) is 0.564. The zero-order valence-corrected chi connectivity index (χ0v) is 8.95. The van der Waals surface area contributed by atoms with Crippen molar-refractivity contribution in [3.8, 4) is 6.07 Å². The van der Waals surface area contributed by atoms with Crippen molar-refractivity contribution in [2.75, 3.05) is 17.6 Å². The number of anilines is 2. The van der Waals surface area contributed by atoms with Gasteiger partial charge in [0.05, 0.1) is 10.7 Å². The van der Waals surface area contributed by atoms with Crippen molar-refractivity contribution in [1.82, 2.24) is 0 Å². The minimum atomic E-state index is 0.544. The zero-order valence-electron chi connectivity index (χ0n) is 8.13. The molecule has 1 rings (SSSR count). The standard InChI is InChI=1S/C10H13N3S/c1-3-7(2)6-13-10-4-8(12)9(5-11)14-10/h4,13H,2-3,6,12H2,1H3. The Labute approximate surface area is 87.9 Å². The van der Waals surface area contributed by atoms with Gasteiger partial charge in [-0.1, -0.05) is 19.1 Å². The summed E-state index contributed by atoms with van der Waals surface area (Å²) in [6.07, 6.45) is 0.957. The van der Waals surface area contributed by atoms with Crippen molar-refractivity contribution in [3.63, 3.8) is 0 Å². The maximum Gasteiger partial charge on any atom is 0.129 e. The van der Waals surface area contributed by atoms with Gasteiger partial charge in [0.25, 0.3) is 0 Å². The summed E-state index contributed by atoms with van der Waals surface area (Å²) in [6.45, 7) is 6.68. The maximum atomic E-state index is 8.69. The molecule has 0 aliphatic heterocycles. The molecule has 0 atom stereocenters. The van der Waals surface area contributed by atoms with Crippen LogP contribution in [0.4, 0.5) is 10.7 Å². The van der Waals surface area contributed by atoms with E-state index < -0.39 is 0 Å². The van der Waals surface area contributed by atoms with Gasteiger partial charge in [-0.2, -0.15) is 5.26 Å². The van der Waals surface area contributed by atoms with Crippen LogP contribution in [0.3, 0.4) is 0 Å². The van der Waals surface area contributed by atoms with Crippen LogP contribution in [0.5, 0.6) is 0 Å². The first-order valence-corrected chi connectivity index (χ1v) is 5.19. The molecule has 74 valence electrons. The Hall–Kier alpha value is -1.47. The molecule has 0 saturated carbocycles. The van der Waals surface area contributed by atoms with Gasteiger partial charge in [-0.15, -0.1) is 11.3 Å². The number of hydrogen-bond acceptors (Lipinski definition) is 4. The van der Waals surface area contributed by atoms with E-state index in [1.54, 1.807) is 6.07 Å². The fourth-order valence-corrected chi connectivity index (χ4v) is 1.69. The van der Waals surface area contributed by atoms with Crippen LogP contribution in [-0.2, 0) is 0 Å². The number of nitrogens with zero attached hydrogens (tertiary/aromatic N) is 1. The highest BCUT2D eigenvalue weighted by molar-refractivity contribution is 7.17. The fraction of sp³-hybridized carbons (Fsp3) is 0.300. The smallest absolute Gasteiger partial charge is 0.129 e. The molecule has 14 heavy (non-hydrogen) atoms. The molecule has 4 heteroatoms. The molecule has 0 unspecified atom stereocenters. The number of nitrogens with two attached hydrogens (primary N) is 1. The first-order chi connectivity index (χ1) is 6.67. The molecule has 0 radical (unpaired) electrons. The molecule has 0 saturated heterocycles. The van der Waals surface area contributed by atoms with Crippen molar-refractivity contribution >= 4 is 22.0 Å². The van der Waals surface area contributed by atoms with Gasteiger partial charge in [-0.05, 0) is 12.5 Å². The highest BCUT2D eigenvalue weighted by Gasteiger charge is 2.04. The first kappa shape index (κ1) is 10.6. The molecule has 3 N–H and O–H groups in total. The SMILES string of the molecule is C=C(CC)CNc1cc(N)c(C#N)s1. The lowest BCUT2D eigenvalue weighted by Gasteiger charge is -2.03. The normalized spacial score (nSPS) is 9.43. The van der Waals surface area contributed by atoms with Gasteiger partial charge in [-0.25, -0.2) is 0 Å². The molecule has 0 spiro atoms. The summed E-state index contributed by atoms with van der Waals surface area (Å²) in [7, 11) is 0. The van der Waals surface area contributed by atoms with Crippen LogP contribution >= 0.6 is 11.3 Å². The zero-order chi connectivity index (χ0) is 10.6. The van der Waals surface area contributed by atoms with Gasteiger partial charge >= 0.3 is 0 Å². The molecular formula is C10H13N3S. The molecule has 3 nitrogen and oxygen atoms in total. The van der Waals surface area contributed by atoms with Gasteiger partial charge in [0.2, 0.25) is 0 Å². The van der Waals surface area contributed by atoms with E-state index in [9.17, 15) is 0 Å². The van der Waals surface area contributed by atoms with Gasteiger partial charge in [0.15, 0.2) is 0 Å². The Balaban J connectivity index is 2.61. The van der Waals surface area contributed by atoms with Gasteiger partial charge in [-0.3, -0.25) is 0 Å². The summed E-state index contributed by atoms with van der Waals surface area (Å²) in [5.41, 5.74) is 7.29. The van der Waals surface area contributed by atoms with Crippen molar-refractivity contribution in [2.24, 2.45) is 0 Å². The van der Waals surface area contributed by atoms with Gasteiger partial charge in [0.1, 0.15) is 10.9 Å². The average molecular weight is 207 g/mol. The number of nitrogens with one attached hydrogen (secondary N) is 1. The first-order valence-electron chi connectivity index (χ1n) is 4.37. The summed E-state index contributed by atoms with van der Waals surface area (Å²) >= 11 is 1.37. The highest BCUT2D eigenvalue weighted by atomic mass is 32.1. The minimum Gasteiger partial charge on any atom is -0.397 e. The van der Waals surface area contributed by atoms with Gasteiger partial charge in [0, 0.05) is 6.54 Å². The Morgan fingerprint density at radius 1 is 1.79 bits per heavy atom. The average Bonchev–Trinajstić information content (AvgIpc) is 2.55. The van der Waals surface area contributed by atoms with Crippen molar-refractivity contribution < 1.29 is 0 Å². The Kier molecular flexibility index (Phi) is 3.55. The van der Waals surface area contributed by atoms with Crippen molar-refractivity contribution in [3.05, 3.63) is 23.1 Å². The monoisotopic (exact) mass is 207 g/mol. The number of rotatable bonds is 4. The van der Waals surface area contributed by atoms with E-state index in [2.05, 4.69) is 18.8 Å². The molecule has 0 bridgehead atoms. The Morgan fingerprint density at radius 3 is 3.00 bits per heavy atom. The Morgan fingerprint density at radius 2 is 2.50 bits per heavy atom. The van der Waals surface area contributed by atoms with Crippen LogP contribution < -0.4 is 11.1 Å². The number of nitrogen functional groups attached to an aromatic ring is 1. The molecule has 0 amide bonds. The van der Waals surface area contributed by atoms with E-state index in [0.717, 1.165) is 23.5 Å². The third kappa shape index (κ3) is 2.51. The molecule has 1 heterocycles. The second kappa shape index (κ2) is 4.68. The van der Waals surface area contributed by atoms with Crippen LogP contribution in [0.25, 0.3) is 0 Å². The molecule has 0 aliphatic rings. The third-order valence-corrected chi connectivity index (χ3v) is 2.89. The van der Waals surface area contributed by atoms with E-state index in [1.165, 1.54) is 11.3 Å². The lowest BCUT2D eigenvalue weighted by molar-refractivity contribution is 1.05. The van der Waals surface area contributed by atoms with Crippen molar-refractivity contribution in [1.29, 1.82) is 5.26 Å². The largest absolute Gasteiger partial charge is 0.397 e. The second-order valence-electron chi connectivity index (χ2n) is 2.96. The number of nitriles is 1. The quantitative estimate of drug-likeness (QED) is 0.746. The number of hydrogen-bond donors (Lipinski definition) is 2. The van der Waals surface area contributed by atoms with Crippen molar-refractivity contribution in [2.45, 2.75) is 13.3 Å². The highest BCUT2D eigenvalue weighted by Crippen LogP contribution is 2.28. The molecule has 1 aromatic rings. The maximum absolute atomic E-state index is 8.69. The predicted molar refractivity (Wildman–Crippen MR) is 61.4 cm³/mol. The summed E-state index contributed by atoms with van der Waals surface area (Å²) < 4.78 is 0. The van der Waals surface area contributed by atoms with Gasteiger partial charge < -0.3 is 11.1 Å².